The maximum atomic E-state index is 13.2. The molecule has 2 aliphatic carbocycles. The lowest BCUT2D eigenvalue weighted by Crippen LogP contribution is -2.34. The number of rotatable bonds is 7. The minimum Gasteiger partial charge on any atom is -0.497 e. The number of nitrogens with zero attached hydrogens (tertiary/aromatic N) is 3. The van der Waals surface area contributed by atoms with Gasteiger partial charge in [0.2, 0.25) is 0 Å². The van der Waals surface area contributed by atoms with E-state index in [1.54, 1.807) is 7.11 Å². The fourth-order valence-electron chi connectivity index (χ4n) is 7.29. The van der Waals surface area contributed by atoms with E-state index in [0.717, 1.165) is 45.0 Å². The highest BCUT2D eigenvalue weighted by Gasteiger charge is 2.59. The molecule has 41 heavy (non-hydrogen) atoms. The van der Waals surface area contributed by atoms with Crippen molar-refractivity contribution in [2.45, 2.75) is 61.7 Å². The van der Waals surface area contributed by atoms with Crippen molar-refractivity contribution in [2.24, 2.45) is 0 Å². The fraction of sp³-hybridized carbons (Fsp3) is 0.531. The van der Waals surface area contributed by atoms with E-state index in [1.807, 2.05) is 24.5 Å². The largest absolute Gasteiger partial charge is 0.497 e. The van der Waals surface area contributed by atoms with Crippen LogP contribution >= 0.6 is 24.1 Å². The average Bonchev–Trinajstić information content (AvgIpc) is 3.63. The van der Waals surface area contributed by atoms with Crippen LogP contribution in [0.1, 0.15) is 71.8 Å². The topological polar surface area (TPSA) is 59.0 Å². The van der Waals surface area contributed by atoms with Crippen LogP contribution in [-0.2, 0) is 11.3 Å². The molecule has 218 valence electrons. The lowest BCUT2D eigenvalue weighted by Gasteiger charge is -2.30. The van der Waals surface area contributed by atoms with Gasteiger partial charge in [-0.1, -0.05) is 37.3 Å². The summed E-state index contributed by atoms with van der Waals surface area (Å²) in [5.74, 6) is 1.89. The summed E-state index contributed by atoms with van der Waals surface area (Å²) < 4.78 is 21.5. The third-order valence-electron chi connectivity index (χ3n) is 9.32. The number of hydrogen-bond acceptors (Lipinski definition) is 7. The molecule has 3 heterocycles. The molecular formula is C32H40N4O3S2. The first-order chi connectivity index (χ1) is 20.0. The zero-order valence-electron chi connectivity index (χ0n) is 24.3. The lowest BCUT2D eigenvalue weighted by atomic mass is 9.81. The Hall–Kier alpha value is -2.17. The maximum absolute atomic E-state index is 13.2. The summed E-state index contributed by atoms with van der Waals surface area (Å²) in [4.78, 5) is 13.2. The van der Waals surface area contributed by atoms with E-state index in [1.165, 1.54) is 77.5 Å². The predicted molar refractivity (Wildman–Crippen MR) is 169 cm³/mol. The van der Waals surface area contributed by atoms with E-state index in [4.69, 9.17) is 9.47 Å². The molecule has 0 radical (unpaired) electrons. The second-order valence-corrected chi connectivity index (χ2v) is 14.8. The maximum Gasteiger partial charge on any atom is 0.262 e. The van der Waals surface area contributed by atoms with E-state index in [2.05, 4.69) is 55.9 Å². The van der Waals surface area contributed by atoms with Crippen molar-refractivity contribution in [3.8, 4) is 17.0 Å². The number of fused-ring (bicyclic) bond motifs is 7. The van der Waals surface area contributed by atoms with Crippen LogP contribution in [-0.4, -0.2) is 71.3 Å². The molecule has 1 amide bonds. The molecule has 7 rings (SSSR count). The molecule has 0 bridgehead atoms. The number of morpholine rings is 1. The van der Waals surface area contributed by atoms with Gasteiger partial charge in [0.25, 0.3) is 5.91 Å². The standard InChI is InChI=1S/C32H40N4O3S2/c1-34(2)41-33-31(37)22-9-11-25-28(17-22)36-20-32(40-35-13-15-39-16-14-35)19-27(32)26-18-23(38-3)10-12-24(26)30(36)29(25)21-7-5-4-6-8-21/h9-12,17-18,21,27H,4-8,13-16,19-20H2,1-3H3,(H,33,37). The third-order valence-corrected chi connectivity index (χ3v) is 11.5. The first-order valence-corrected chi connectivity index (χ1v) is 16.5. The molecule has 2 saturated carbocycles. The van der Waals surface area contributed by atoms with Crippen LogP contribution in [0.5, 0.6) is 5.75 Å². The summed E-state index contributed by atoms with van der Waals surface area (Å²) in [5.41, 5.74) is 7.54. The second kappa shape index (κ2) is 11.2. The molecule has 3 fully saturated rings. The number of hydrogen-bond donors (Lipinski definition) is 1. The van der Waals surface area contributed by atoms with E-state index >= 15 is 0 Å². The fourth-order valence-corrected chi connectivity index (χ4v) is 9.20. The van der Waals surface area contributed by atoms with Gasteiger partial charge in [-0.15, -0.1) is 0 Å². The Morgan fingerprint density at radius 1 is 1.10 bits per heavy atom. The molecule has 0 spiro atoms. The number of methoxy groups -OCH3 is 1. The number of benzene rings is 2. The lowest BCUT2D eigenvalue weighted by molar-refractivity contribution is 0.0769. The highest BCUT2D eigenvalue weighted by molar-refractivity contribution is 7.98. The van der Waals surface area contributed by atoms with Gasteiger partial charge in [0.05, 0.1) is 30.8 Å². The highest BCUT2D eigenvalue weighted by atomic mass is 32.2. The zero-order valence-corrected chi connectivity index (χ0v) is 25.9. The third kappa shape index (κ3) is 5.07. The zero-order chi connectivity index (χ0) is 28.1. The average molecular weight is 593 g/mol. The summed E-state index contributed by atoms with van der Waals surface area (Å²) in [6.07, 6.45) is 7.51. The summed E-state index contributed by atoms with van der Waals surface area (Å²) in [7, 11) is 5.63. The van der Waals surface area contributed by atoms with Crippen LogP contribution < -0.4 is 9.46 Å². The Kier molecular flexibility index (Phi) is 7.52. The van der Waals surface area contributed by atoms with Gasteiger partial charge >= 0.3 is 0 Å². The van der Waals surface area contributed by atoms with Crippen LogP contribution in [0.3, 0.4) is 0 Å². The normalized spacial score (nSPS) is 24.4. The van der Waals surface area contributed by atoms with Crippen molar-refractivity contribution in [1.82, 2.24) is 17.9 Å². The Labute approximate surface area is 251 Å². The minimum atomic E-state index is -0.0548. The van der Waals surface area contributed by atoms with Gasteiger partial charge in [-0.3, -0.25) is 9.52 Å². The number of nitrogens with one attached hydrogen (secondary N) is 1. The van der Waals surface area contributed by atoms with Gasteiger partial charge in [-0.25, -0.2) is 8.61 Å². The van der Waals surface area contributed by atoms with Crippen LogP contribution in [0.2, 0.25) is 0 Å². The Bertz CT molecular complexity index is 1460. The predicted octanol–water partition coefficient (Wildman–Crippen LogP) is 6.44. The van der Waals surface area contributed by atoms with Crippen molar-refractivity contribution in [3.05, 3.63) is 53.1 Å². The SMILES string of the molecule is COc1ccc2c(c1)C1CC1(SN1CCOCC1)Cn1c-2c(C2CCCCC2)c2ccc(C(=O)NSN(C)C)cc21. The molecule has 7 nitrogen and oxygen atoms in total. The van der Waals surface area contributed by atoms with Crippen molar-refractivity contribution < 1.29 is 14.3 Å². The molecule has 2 aromatic carbocycles. The summed E-state index contributed by atoms with van der Waals surface area (Å²) in [6, 6.07) is 13.1. The van der Waals surface area contributed by atoms with Gasteiger partial charge in [-0.05, 0) is 80.7 Å². The van der Waals surface area contributed by atoms with E-state index in [0.29, 0.717) is 17.4 Å². The molecule has 1 aromatic heterocycles. The Morgan fingerprint density at radius 2 is 1.90 bits per heavy atom. The number of amides is 1. The summed E-state index contributed by atoms with van der Waals surface area (Å²) >= 11 is 3.37. The molecule has 4 aliphatic rings. The molecule has 1 N–H and O–H groups in total. The van der Waals surface area contributed by atoms with E-state index < -0.39 is 0 Å². The smallest absolute Gasteiger partial charge is 0.262 e. The van der Waals surface area contributed by atoms with Crippen molar-refractivity contribution in [1.29, 1.82) is 0 Å². The Morgan fingerprint density at radius 3 is 2.66 bits per heavy atom. The Balaban J connectivity index is 1.41. The minimum absolute atomic E-state index is 0.0548. The van der Waals surface area contributed by atoms with Gasteiger partial charge in [0.15, 0.2) is 0 Å². The van der Waals surface area contributed by atoms with Gasteiger partial charge in [0, 0.05) is 59.7 Å². The molecule has 1 saturated heterocycles. The monoisotopic (exact) mass is 592 g/mol. The number of aromatic nitrogens is 1. The first-order valence-electron chi connectivity index (χ1n) is 15.0. The van der Waals surface area contributed by atoms with Crippen LogP contribution in [0.25, 0.3) is 22.2 Å². The van der Waals surface area contributed by atoms with Crippen LogP contribution in [0.15, 0.2) is 36.4 Å². The molecule has 2 atom stereocenters. The van der Waals surface area contributed by atoms with Gasteiger partial charge in [-0.2, -0.15) is 0 Å². The van der Waals surface area contributed by atoms with Crippen molar-refractivity contribution in [3.63, 3.8) is 0 Å². The van der Waals surface area contributed by atoms with Gasteiger partial charge < -0.3 is 14.0 Å². The van der Waals surface area contributed by atoms with E-state index in [9.17, 15) is 4.79 Å². The van der Waals surface area contributed by atoms with Gasteiger partial charge in [0.1, 0.15) is 5.75 Å². The van der Waals surface area contributed by atoms with Crippen LogP contribution in [0.4, 0.5) is 0 Å². The molecule has 2 aliphatic heterocycles. The molecular weight excluding hydrogens is 553 g/mol. The molecule has 9 heteroatoms. The van der Waals surface area contributed by atoms with Crippen molar-refractivity contribution >= 4 is 40.9 Å². The molecule has 3 aromatic rings. The number of carbonyl (C=O) groups excluding carboxylic acids is 1. The second-order valence-electron chi connectivity index (χ2n) is 12.2. The molecule has 2 unspecified atom stereocenters. The van der Waals surface area contributed by atoms with Crippen LogP contribution in [0, 0.1) is 0 Å². The number of ether oxygens (including phenoxy) is 2. The quantitative estimate of drug-likeness (QED) is 0.317. The summed E-state index contributed by atoms with van der Waals surface area (Å²) in [6.45, 7) is 4.46. The van der Waals surface area contributed by atoms with Crippen molar-refractivity contribution in [2.75, 3.05) is 47.5 Å². The highest BCUT2D eigenvalue weighted by Crippen LogP contribution is 2.66. The summed E-state index contributed by atoms with van der Waals surface area (Å²) in [5, 5.41) is 1.32. The van der Waals surface area contributed by atoms with E-state index in [-0.39, 0.29) is 10.7 Å². The first kappa shape index (κ1) is 27.7. The number of carbonyl (C=O) groups is 1.